The molecule has 2 nitrogen and oxygen atoms in total. The third kappa shape index (κ3) is 2.61. The Bertz CT molecular complexity index is 64.9. The second kappa shape index (κ2) is 4.62. The third-order valence-corrected chi connectivity index (χ3v) is 1.35. The van der Waals surface area contributed by atoms with Crippen LogP contribution in [-0.4, -0.2) is 6.21 Å². The summed E-state index contributed by atoms with van der Waals surface area (Å²) in [7, 11) is 0. The van der Waals surface area contributed by atoms with E-state index < -0.39 is 0 Å². The van der Waals surface area contributed by atoms with Gasteiger partial charge >= 0.3 is 0 Å². The van der Waals surface area contributed by atoms with E-state index in [-0.39, 0.29) is 0 Å². The lowest BCUT2D eigenvalue weighted by Gasteiger charge is -2.01. The summed E-state index contributed by atoms with van der Waals surface area (Å²) in [4.78, 5) is 0. The Morgan fingerprint density at radius 1 is 1.50 bits per heavy atom. The quantitative estimate of drug-likeness (QED) is 0.336. The van der Waals surface area contributed by atoms with Crippen LogP contribution in [0.5, 0.6) is 0 Å². The molecule has 0 rings (SSSR count). The Labute approximate surface area is 50.8 Å². The second-order valence-electron chi connectivity index (χ2n) is 1.87. The molecule has 48 valence electrons. The molecule has 0 aromatic heterocycles. The van der Waals surface area contributed by atoms with Crippen LogP contribution in [0.2, 0.25) is 0 Å². The smallest absolute Gasteiger partial charge is 0.0271 e. The number of nitrogens with zero attached hydrogens (tertiary/aromatic N) is 1. The van der Waals surface area contributed by atoms with Gasteiger partial charge in [0.1, 0.15) is 0 Å². The summed E-state index contributed by atoms with van der Waals surface area (Å²) >= 11 is 0. The number of hydrazone groups is 1. The Morgan fingerprint density at radius 2 is 2.00 bits per heavy atom. The van der Waals surface area contributed by atoms with Gasteiger partial charge in [0.2, 0.25) is 0 Å². The first kappa shape index (κ1) is 7.47. The molecule has 2 heteroatoms. The number of hydrogen-bond donors (Lipinski definition) is 1. The fourth-order valence-electron chi connectivity index (χ4n) is 0.621. The Hall–Kier alpha value is -0.530. The number of rotatable bonds is 3. The Kier molecular flexibility index (Phi) is 4.32. The number of hydrogen-bond acceptors (Lipinski definition) is 2. The average Bonchev–Trinajstić information content (AvgIpc) is 1.83. The van der Waals surface area contributed by atoms with E-state index in [9.17, 15) is 0 Å². The van der Waals surface area contributed by atoms with E-state index in [0.717, 1.165) is 12.8 Å². The van der Waals surface area contributed by atoms with Crippen LogP contribution in [0.15, 0.2) is 5.10 Å². The highest BCUT2D eigenvalue weighted by Crippen LogP contribution is 2.02. The predicted octanol–water partition coefficient (Wildman–Crippen LogP) is 1.37. The molecule has 2 N–H and O–H groups in total. The van der Waals surface area contributed by atoms with Gasteiger partial charge in [0, 0.05) is 6.21 Å². The molecule has 0 saturated heterocycles. The molecular weight excluding hydrogens is 100 g/mol. The minimum absolute atomic E-state index is 0.583. The van der Waals surface area contributed by atoms with Crippen molar-refractivity contribution in [1.29, 1.82) is 0 Å². The maximum Gasteiger partial charge on any atom is 0.0271 e. The zero-order chi connectivity index (χ0) is 6.41. The van der Waals surface area contributed by atoms with Gasteiger partial charge in [-0.3, -0.25) is 0 Å². The zero-order valence-corrected chi connectivity index (χ0v) is 5.59. The van der Waals surface area contributed by atoms with Gasteiger partial charge < -0.3 is 5.84 Å². The van der Waals surface area contributed by atoms with Crippen LogP contribution in [0.4, 0.5) is 0 Å². The Balaban J connectivity index is 3.36. The van der Waals surface area contributed by atoms with Crippen LogP contribution < -0.4 is 5.84 Å². The van der Waals surface area contributed by atoms with Gasteiger partial charge in [0.25, 0.3) is 0 Å². The van der Waals surface area contributed by atoms with E-state index in [1.165, 1.54) is 0 Å². The molecule has 0 aromatic carbocycles. The summed E-state index contributed by atoms with van der Waals surface area (Å²) in [6.45, 7) is 4.27. The van der Waals surface area contributed by atoms with Crippen LogP contribution in [0.3, 0.4) is 0 Å². The molecule has 0 aliphatic rings. The van der Waals surface area contributed by atoms with Gasteiger partial charge in [0.15, 0.2) is 0 Å². The molecule has 8 heavy (non-hydrogen) atoms. The van der Waals surface area contributed by atoms with E-state index in [0.29, 0.717) is 5.92 Å². The lowest BCUT2D eigenvalue weighted by molar-refractivity contribution is 0.653. The first-order chi connectivity index (χ1) is 3.85. The molecular formula is C6H14N2. The first-order valence-electron chi connectivity index (χ1n) is 3.08. The van der Waals surface area contributed by atoms with Gasteiger partial charge in [-0.2, -0.15) is 5.10 Å². The van der Waals surface area contributed by atoms with Gasteiger partial charge in [-0.15, -0.1) is 0 Å². The maximum atomic E-state index is 4.95. The normalized spacial score (nSPS) is 11.4. The summed E-state index contributed by atoms with van der Waals surface area (Å²) in [6.07, 6.45) is 4.08. The summed E-state index contributed by atoms with van der Waals surface area (Å²) in [5.74, 6) is 5.53. The van der Waals surface area contributed by atoms with Crippen molar-refractivity contribution in [3.8, 4) is 0 Å². The molecule has 0 saturated carbocycles. The SMILES string of the molecule is CCC(/C=N/N)CC. The molecule has 0 unspecified atom stereocenters. The monoisotopic (exact) mass is 114 g/mol. The van der Waals surface area contributed by atoms with Crippen molar-refractivity contribution in [3.05, 3.63) is 0 Å². The minimum Gasteiger partial charge on any atom is -0.324 e. The van der Waals surface area contributed by atoms with E-state index >= 15 is 0 Å². The van der Waals surface area contributed by atoms with Crippen LogP contribution in [0.25, 0.3) is 0 Å². The first-order valence-corrected chi connectivity index (χ1v) is 3.08. The molecule has 0 aromatic rings. The maximum absolute atomic E-state index is 4.95. The molecule has 0 fully saturated rings. The standard InChI is InChI=1S/C6H14N2/c1-3-6(4-2)5-8-7/h5-6H,3-4,7H2,1-2H3/b8-5+. The molecule has 0 aliphatic carbocycles. The topological polar surface area (TPSA) is 38.4 Å². The largest absolute Gasteiger partial charge is 0.324 e. The zero-order valence-electron chi connectivity index (χ0n) is 5.59. The van der Waals surface area contributed by atoms with Gasteiger partial charge in [-0.05, 0) is 18.8 Å². The van der Waals surface area contributed by atoms with Crippen molar-refractivity contribution in [2.24, 2.45) is 16.9 Å². The fraction of sp³-hybridized carbons (Fsp3) is 0.833. The highest BCUT2D eigenvalue weighted by Gasteiger charge is 1.95. The van der Waals surface area contributed by atoms with Gasteiger partial charge in [-0.1, -0.05) is 13.8 Å². The Morgan fingerprint density at radius 3 is 2.12 bits per heavy atom. The van der Waals surface area contributed by atoms with E-state index in [2.05, 4.69) is 18.9 Å². The van der Waals surface area contributed by atoms with Crippen LogP contribution in [0, 0.1) is 5.92 Å². The van der Waals surface area contributed by atoms with Gasteiger partial charge in [-0.25, -0.2) is 0 Å². The molecule has 0 heterocycles. The molecule has 0 aliphatic heterocycles. The summed E-state index contributed by atoms with van der Waals surface area (Å²) in [6, 6.07) is 0. The summed E-state index contributed by atoms with van der Waals surface area (Å²) in [5, 5.41) is 3.45. The van der Waals surface area contributed by atoms with E-state index in [1.807, 2.05) is 0 Å². The van der Waals surface area contributed by atoms with E-state index in [1.54, 1.807) is 6.21 Å². The molecule has 0 amide bonds. The molecule has 0 spiro atoms. The molecule has 0 atom stereocenters. The van der Waals surface area contributed by atoms with Crippen LogP contribution in [-0.2, 0) is 0 Å². The van der Waals surface area contributed by atoms with Crippen molar-refractivity contribution < 1.29 is 0 Å². The lowest BCUT2D eigenvalue weighted by Crippen LogP contribution is -1.99. The highest BCUT2D eigenvalue weighted by atomic mass is 15.1. The summed E-state index contributed by atoms with van der Waals surface area (Å²) < 4.78 is 0. The fourth-order valence-corrected chi connectivity index (χ4v) is 0.621. The van der Waals surface area contributed by atoms with Crippen LogP contribution in [0.1, 0.15) is 26.7 Å². The minimum atomic E-state index is 0.583. The second-order valence-corrected chi connectivity index (χ2v) is 1.87. The average molecular weight is 114 g/mol. The van der Waals surface area contributed by atoms with Gasteiger partial charge in [0.05, 0.1) is 0 Å². The molecule has 0 radical (unpaired) electrons. The van der Waals surface area contributed by atoms with Crippen molar-refractivity contribution in [2.45, 2.75) is 26.7 Å². The van der Waals surface area contributed by atoms with Crippen molar-refractivity contribution in [2.75, 3.05) is 0 Å². The van der Waals surface area contributed by atoms with Crippen molar-refractivity contribution in [3.63, 3.8) is 0 Å². The lowest BCUT2D eigenvalue weighted by atomic mass is 10.1. The number of nitrogens with two attached hydrogens (primary N) is 1. The van der Waals surface area contributed by atoms with E-state index in [4.69, 9.17) is 5.84 Å². The van der Waals surface area contributed by atoms with Crippen molar-refractivity contribution in [1.82, 2.24) is 0 Å². The third-order valence-electron chi connectivity index (χ3n) is 1.35. The molecule has 0 bridgehead atoms. The summed E-state index contributed by atoms with van der Waals surface area (Å²) in [5.41, 5.74) is 0. The predicted molar refractivity (Wildman–Crippen MR) is 36.8 cm³/mol. The van der Waals surface area contributed by atoms with Crippen LogP contribution >= 0.6 is 0 Å². The van der Waals surface area contributed by atoms with Crippen molar-refractivity contribution >= 4 is 6.21 Å². The highest BCUT2D eigenvalue weighted by molar-refractivity contribution is 5.59.